The smallest absolute Gasteiger partial charge is 0.303 e. The highest BCUT2D eigenvalue weighted by Gasteiger charge is 1.96. The van der Waals surface area contributed by atoms with Gasteiger partial charge in [0, 0.05) is 6.42 Å². The molecule has 0 aliphatic carbocycles. The molecule has 0 aliphatic heterocycles. The van der Waals surface area contributed by atoms with Crippen LogP contribution in [0.3, 0.4) is 0 Å². The molecule has 0 fully saturated rings. The Morgan fingerprint density at radius 1 is 0.640 bits per heavy atom. The number of hydrogen-bond acceptors (Lipinski definition) is 1. The number of unbranched alkanes of at least 4 members (excludes halogenated alkanes) is 11. The summed E-state index contributed by atoms with van der Waals surface area (Å²) in [7, 11) is 0. The van der Waals surface area contributed by atoms with Gasteiger partial charge in [-0.15, -0.1) is 0 Å². The van der Waals surface area contributed by atoms with Gasteiger partial charge < -0.3 is 5.11 Å². The van der Waals surface area contributed by atoms with E-state index in [0.29, 0.717) is 6.42 Å². The van der Waals surface area contributed by atoms with Crippen molar-refractivity contribution in [2.24, 2.45) is 0 Å². The maximum atomic E-state index is 10.4. The van der Waals surface area contributed by atoms with Crippen LogP contribution in [0.2, 0.25) is 0 Å². The van der Waals surface area contributed by atoms with E-state index >= 15 is 0 Å². The Morgan fingerprint density at radius 3 is 1.80 bits per heavy atom. The lowest BCUT2D eigenvalue weighted by Gasteiger charge is -1.99. The average molecular weight is 349 g/mol. The van der Waals surface area contributed by atoms with Gasteiger partial charge in [0.05, 0.1) is 0 Å². The highest BCUT2D eigenvalue weighted by Crippen LogP contribution is 2.10. The first-order valence-corrected chi connectivity index (χ1v) is 10.5. The van der Waals surface area contributed by atoms with E-state index in [0.717, 1.165) is 25.7 Å². The maximum Gasteiger partial charge on any atom is 0.303 e. The van der Waals surface area contributed by atoms with E-state index in [2.05, 4.69) is 43.4 Å². The van der Waals surface area contributed by atoms with Crippen molar-refractivity contribution in [3.8, 4) is 0 Å². The number of carboxylic acids is 1. The van der Waals surface area contributed by atoms with E-state index in [1.165, 1.54) is 64.2 Å². The van der Waals surface area contributed by atoms with Gasteiger partial charge in [0.2, 0.25) is 0 Å². The molecule has 2 heteroatoms. The van der Waals surface area contributed by atoms with Crippen LogP contribution in [0.1, 0.15) is 103 Å². The van der Waals surface area contributed by atoms with Crippen molar-refractivity contribution in [1.82, 2.24) is 0 Å². The molecule has 0 radical (unpaired) electrons. The molecule has 0 saturated heterocycles. The summed E-state index contributed by atoms with van der Waals surface area (Å²) < 4.78 is 0. The highest BCUT2D eigenvalue weighted by atomic mass is 16.4. The zero-order valence-electron chi connectivity index (χ0n) is 16.4. The lowest BCUT2D eigenvalue weighted by molar-refractivity contribution is -0.137. The van der Waals surface area contributed by atoms with Crippen LogP contribution in [-0.4, -0.2) is 11.1 Å². The van der Waals surface area contributed by atoms with Crippen LogP contribution in [-0.2, 0) is 4.79 Å². The quantitative estimate of drug-likeness (QED) is 0.157. The molecule has 0 heterocycles. The second-order valence-electron chi connectivity index (χ2n) is 6.81. The molecule has 0 aromatic carbocycles. The summed E-state index contributed by atoms with van der Waals surface area (Å²) >= 11 is 0. The number of rotatable bonds is 18. The maximum absolute atomic E-state index is 10.4. The monoisotopic (exact) mass is 348 g/mol. The lowest BCUT2D eigenvalue weighted by Crippen LogP contribution is -1.93. The molecule has 0 spiro atoms. The van der Waals surface area contributed by atoms with Crippen LogP contribution < -0.4 is 0 Å². The first kappa shape index (κ1) is 23.7. The minimum Gasteiger partial charge on any atom is -0.481 e. The Labute approximate surface area is 156 Å². The number of hydrogen-bond donors (Lipinski definition) is 1. The second kappa shape index (κ2) is 20.7. The minimum absolute atomic E-state index is 0.327. The van der Waals surface area contributed by atoms with Crippen molar-refractivity contribution in [3.63, 3.8) is 0 Å². The molecular formula is C23H40O2. The van der Waals surface area contributed by atoms with Crippen LogP contribution in [0.15, 0.2) is 36.5 Å². The molecule has 2 nitrogen and oxygen atoms in total. The lowest BCUT2D eigenvalue weighted by atomic mass is 10.1. The topological polar surface area (TPSA) is 37.3 Å². The van der Waals surface area contributed by atoms with Gasteiger partial charge in [-0.25, -0.2) is 0 Å². The Hall–Kier alpha value is -1.31. The predicted octanol–water partition coefficient (Wildman–Crippen LogP) is 7.61. The van der Waals surface area contributed by atoms with Crippen molar-refractivity contribution in [2.75, 3.05) is 0 Å². The molecule has 0 unspecified atom stereocenters. The van der Waals surface area contributed by atoms with Crippen LogP contribution >= 0.6 is 0 Å². The van der Waals surface area contributed by atoms with Crippen molar-refractivity contribution in [3.05, 3.63) is 36.5 Å². The normalized spacial score (nSPS) is 12.0. The molecule has 144 valence electrons. The van der Waals surface area contributed by atoms with Gasteiger partial charge in [-0.2, -0.15) is 0 Å². The molecule has 1 N–H and O–H groups in total. The summed E-state index contributed by atoms with van der Waals surface area (Å²) in [5.41, 5.74) is 0. The van der Waals surface area contributed by atoms with Gasteiger partial charge in [-0.05, 0) is 44.9 Å². The van der Waals surface area contributed by atoms with Gasteiger partial charge in [-0.1, -0.05) is 88.3 Å². The standard InChI is InChI=1S/C23H40O2/c1-2-3-4-5-6-7-8-9-10-11-12-13-14-15-16-17-18-19-20-21-22-23(24)25/h6-7,10-13H,2-5,8-9,14-22H2,1H3,(H,24,25)/b7-6-,11-10+,13-12-. The summed E-state index contributed by atoms with van der Waals surface area (Å²) in [6, 6.07) is 0. The van der Waals surface area contributed by atoms with Crippen LogP contribution in [0.5, 0.6) is 0 Å². The zero-order chi connectivity index (χ0) is 18.4. The van der Waals surface area contributed by atoms with E-state index < -0.39 is 5.97 Å². The van der Waals surface area contributed by atoms with Gasteiger partial charge in [0.25, 0.3) is 0 Å². The molecule has 0 rings (SSSR count). The molecular weight excluding hydrogens is 308 g/mol. The van der Waals surface area contributed by atoms with E-state index in [1.54, 1.807) is 0 Å². The Balaban J connectivity index is 3.25. The molecule has 0 amide bonds. The molecule has 0 aliphatic rings. The second-order valence-corrected chi connectivity index (χ2v) is 6.81. The molecule has 0 saturated carbocycles. The molecule has 0 aromatic heterocycles. The Kier molecular flexibility index (Phi) is 19.6. The third-order valence-electron chi connectivity index (χ3n) is 4.29. The number of carbonyl (C=O) groups is 1. The fourth-order valence-electron chi connectivity index (χ4n) is 2.71. The van der Waals surface area contributed by atoms with Crippen molar-refractivity contribution in [2.45, 2.75) is 103 Å². The number of aliphatic carboxylic acids is 1. The zero-order valence-corrected chi connectivity index (χ0v) is 16.4. The van der Waals surface area contributed by atoms with E-state index in [1.807, 2.05) is 0 Å². The SMILES string of the molecule is CCCCC/C=C\CC/C=C/C=C\CCCCCCCCCC(=O)O. The Bertz CT molecular complexity index is 366. The third kappa shape index (κ3) is 22.7. The predicted molar refractivity (Wildman–Crippen MR) is 110 cm³/mol. The fraction of sp³-hybridized carbons (Fsp3) is 0.696. The van der Waals surface area contributed by atoms with Gasteiger partial charge >= 0.3 is 5.97 Å². The van der Waals surface area contributed by atoms with Gasteiger partial charge in [0.15, 0.2) is 0 Å². The summed E-state index contributed by atoms with van der Waals surface area (Å²) in [6.07, 6.45) is 30.7. The highest BCUT2D eigenvalue weighted by molar-refractivity contribution is 5.66. The summed E-state index contributed by atoms with van der Waals surface area (Å²) in [4.78, 5) is 10.4. The van der Waals surface area contributed by atoms with Crippen molar-refractivity contribution < 1.29 is 9.90 Å². The van der Waals surface area contributed by atoms with E-state index in [-0.39, 0.29) is 0 Å². The minimum atomic E-state index is -0.667. The number of carboxylic acid groups (broad SMARTS) is 1. The van der Waals surface area contributed by atoms with Crippen LogP contribution in [0.4, 0.5) is 0 Å². The molecule has 25 heavy (non-hydrogen) atoms. The first-order chi connectivity index (χ1) is 12.3. The van der Waals surface area contributed by atoms with E-state index in [9.17, 15) is 4.79 Å². The van der Waals surface area contributed by atoms with Crippen molar-refractivity contribution >= 4 is 5.97 Å². The first-order valence-electron chi connectivity index (χ1n) is 10.5. The van der Waals surface area contributed by atoms with Crippen LogP contribution in [0, 0.1) is 0 Å². The van der Waals surface area contributed by atoms with Crippen molar-refractivity contribution in [1.29, 1.82) is 0 Å². The van der Waals surface area contributed by atoms with E-state index in [4.69, 9.17) is 5.11 Å². The molecule has 0 bridgehead atoms. The van der Waals surface area contributed by atoms with Crippen LogP contribution in [0.25, 0.3) is 0 Å². The van der Waals surface area contributed by atoms with Gasteiger partial charge in [-0.3, -0.25) is 4.79 Å². The largest absolute Gasteiger partial charge is 0.481 e. The number of allylic oxidation sites excluding steroid dienone is 6. The molecule has 0 aromatic rings. The third-order valence-corrected chi connectivity index (χ3v) is 4.29. The molecule has 0 atom stereocenters. The fourth-order valence-corrected chi connectivity index (χ4v) is 2.71. The van der Waals surface area contributed by atoms with Gasteiger partial charge in [0.1, 0.15) is 0 Å². The summed E-state index contributed by atoms with van der Waals surface area (Å²) in [5.74, 6) is -0.667. The summed E-state index contributed by atoms with van der Waals surface area (Å²) in [5, 5.41) is 8.55. The summed E-state index contributed by atoms with van der Waals surface area (Å²) in [6.45, 7) is 2.25. The average Bonchev–Trinajstić information content (AvgIpc) is 2.60. The Morgan fingerprint density at radius 2 is 1.12 bits per heavy atom.